The van der Waals surface area contributed by atoms with Gasteiger partial charge in [0.15, 0.2) is 4.90 Å². The van der Waals surface area contributed by atoms with Crippen LogP contribution in [-0.2, 0) is 10.0 Å². The Bertz CT molecular complexity index is 853. The molecular formula is C12H8BrN3O3S. The van der Waals surface area contributed by atoms with E-state index in [1.807, 2.05) is 6.07 Å². The predicted molar refractivity (Wildman–Crippen MR) is 76.7 cm³/mol. The number of hydrogen-bond donors (Lipinski definition) is 2. The minimum Gasteiger partial charge on any atom is -0.366 e. The third kappa shape index (κ3) is 2.89. The molecule has 0 radical (unpaired) electrons. The van der Waals surface area contributed by atoms with Crippen molar-refractivity contribution in [2.24, 2.45) is 0 Å². The summed E-state index contributed by atoms with van der Waals surface area (Å²) in [4.78, 5) is 13.7. The van der Waals surface area contributed by atoms with E-state index < -0.39 is 15.5 Å². The molecule has 1 aromatic carbocycles. The molecule has 2 N–H and O–H groups in total. The zero-order chi connectivity index (χ0) is 14.8. The fraction of sp³-hybridized carbons (Fsp3) is 0. The van der Waals surface area contributed by atoms with Crippen LogP contribution in [0.1, 0.15) is 5.56 Å². The molecule has 0 amide bonds. The summed E-state index contributed by atoms with van der Waals surface area (Å²) in [6, 6.07) is 7.45. The molecule has 0 atom stereocenters. The van der Waals surface area contributed by atoms with Crippen LogP contribution in [0.4, 0.5) is 5.69 Å². The molecule has 0 saturated heterocycles. The molecule has 8 heteroatoms. The van der Waals surface area contributed by atoms with E-state index in [4.69, 9.17) is 5.26 Å². The minimum atomic E-state index is -3.99. The Morgan fingerprint density at radius 3 is 2.65 bits per heavy atom. The molecule has 6 nitrogen and oxygen atoms in total. The monoisotopic (exact) mass is 353 g/mol. The lowest BCUT2D eigenvalue weighted by atomic mass is 10.2. The van der Waals surface area contributed by atoms with Crippen molar-refractivity contribution in [3.63, 3.8) is 0 Å². The summed E-state index contributed by atoms with van der Waals surface area (Å²) >= 11 is 3.17. The molecule has 102 valence electrons. The first-order valence-corrected chi connectivity index (χ1v) is 7.61. The molecule has 0 aliphatic rings. The molecule has 0 aliphatic heterocycles. The standard InChI is InChI=1S/C12H8BrN3O3S/c13-9-5-8(6-14)1-2-10(9)16-20(18,19)12-7-15-4-3-11(12)17/h1-5,7,16H,(H,15,17). The lowest BCUT2D eigenvalue weighted by Crippen LogP contribution is -2.21. The van der Waals surface area contributed by atoms with Gasteiger partial charge >= 0.3 is 0 Å². The number of nitrogens with zero attached hydrogens (tertiary/aromatic N) is 1. The molecule has 0 unspecified atom stereocenters. The van der Waals surface area contributed by atoms with E-state index >= 15 is 0 Å². The molecule has 0 fully saturated rings. The van der Waals surface area contributed by atoms with Crippen molar-refractivity contribution in [3.05, 3.63) is 56.9 Å². The third-order valence-corrected chi connectivity index (χ3v) is 4.46. The quantitative estimate of drug-likeness (QED) is 0.877. The first-order chi connectivity index (χ1) is 9.44. The van der Waals surface area contributed by atoms with Crippen molar-refractivity contribution in [2.45, 2.75) is 4.90 Å². The SMILES string of the molecule is N#Cc1ccc(NS(=O)(=O)c2c[nH]ccc2=O)c(Br)c1. The average Bonchev–Trinajstić information content (AvgIpc) is 2.41. The number of nitrogens with one attached hydrogen (secondary N) is 2. The lowest BCUT2D eigenvalue weighted by Gasteiger charge is -2.09. The lowest BCUT2D eigenvalue weighted by molar-refractivity contribution is 0.600. The summed E-state index contributed by atoms with van der Waals surface area (Å²) in [6.07, 6.45) is 2.46. The number of aromatic nitrogens is 1. The maximum Gasteiger partial charge on any atom is 0.267 e. The summed E-state index contributed by atoms with van der Waals surface area (Å²) in [5.74, 6) is 0. The summed E-state index contributed by atoms with van der Waals surface area (Å²) in [5.41, 5.74) is 0.0191. The average molecular weight is 354 g/mol. The highest BCUT2D eigenvalue weighted by molar-refractivity contribution is 9.10. The van der Waals surface area contributed by atoms with E-state index in [1.54, 1.807) is 0 Å². The first kappa shape index (κ1) is 14.3. The Balaban J connectivity index is 2.42. The number of anilines is 1. The molecule has 0 bridgehead atoms. The molecule has 20 heavy (non-hydrogen) atoms. The highest BCUT2D eigenvalue weighted by Gasteiger charge is 2.18. The van der Waals surface area contributed by atoms with Crippen LogP contribution in [-0.4, -0.2) is 13.4 Å². The zero-order valence-electron chi connectivity index (χ0n) is 9.92. The molecule has 1 aromatic heterocycles. The van der Waals surface area contributed by atoms with E-state index in [0.29, 0.717) is 10.0 Å². The van der Waals surface area contributed by atoms with E-state index in [2.05, 4.69) is 25.6 Å². The van der Waals surface area contributed by atoms with Gasteiger partial charge in [0.1, 0.15) is 0 Å². The van der Waals surface area contributed by atoms with Crippen molar-refractivity contribution < 1.29 is 8.42 Å². The summed E-state index contributed by atoms with van der Waals surface area (Å²) in [5, 5.41) is 8.74. The molecule has 2 rings (SSSR count). The van der Waals surface area contributed by atoms with Gasteiger partial charge in [-0.25, -0.2) is 8.42 Å². The van der Waals surface area contributed by atoms with Crippen LogP contribution >= 0.6 is 15.9 Å². The topological polar surface area (TPSA) is 103 Å². The van der Waals surface area contributed by atoms with Gasteiger partial charge in [-0.1, -0.05) is 0 Å². The van der Waals surface area contributed by atoms with E-state index in [1.165, 1.54) is 24.4 Å². The van der Waals surface area contributed by atoms with Gasteiger partial charge in [0.25, 0.3) is 10.0 Å². The van der Waals surface area contributed by atoms with Crippen LogP contribution in [0.3, 0.4) is 0 Å². The third-order valence-electron chi connectivity index (χ3n) is 2.42. The van der Waals surface area contributed by atoms with Crippen LogP contribution in [0.5, 0.6) is 0 Å². The second-order valence-corrected chi connectivity index (χ2v) is 6.29. The largest absolute Gasteiger partial charge is 0.366 e. The van der Waals surface area contributed by atoms with Gasteiger partial charge < -0.3 is 4.98 Å². The number of benzene rings is 1. The Morgan fingerprint density at radius 1 is 1.30 bits per heavy atom. The van der Waals surface area contributed by atoms with Crippen LogP contribution in [0.2, 0.25) is 0 Å². The van der Waals surface area contributed by atoms with Crippen LogP contribution in [0, 0.1) is 11.3 Å². The van der Waals surface area contributed by atoms with E-state index in [0.717, 1.165) is 12.3 Å². The second-order valence-electron chi connectivity index (χ2n) is 3.78. The molecule has 2 aromatic rings. The highest BCUT2D eigenvalue weighted by atomic mass is 79.9. The maximum atomic E-state index is 12.1. The summed E-state index contributed by atoms with van der Waals surface area (Å²) in [6.45, 7) is 0. The van der Waals surface area contributed by atoms with Crippen molar-refractivity contribution in [2.75, 3.05) is 4.72 Å². The van der Waals surface area contributed by atoms with Gasteiger partial charge in [0.05, 0.1) is 17.3 Å². The number of pyridine rings is 1. The van der Waals surface area contributed by atoms with Crippen LogP contribution in [0.25, 0.3) is 0 Å². The number of H-pyrrole nitrogens is 1. The number of halogens is 1. The van der Waals surface area contributed by atoms with Crippen molar-refractivity contribution >= 4 is 31.6 Å². The van der Waals surface area contributed by atoms with Crippen molar-refractivity contribution in [1.29, 1.82) is 5.26 Å². The van der Waals surface area contributed by atoms with Crippen molar-refractivity contribution in [3.8, 4) is 6.07 Å². The Morgan fingerprint density at radius 2 is 2.05 bits per heavy atom. The van der Waals surface area contributed by atoms with Gasteiger partial charge in [0.2, 0.25) is 5.43 Å². The zero-order valence-corrected chi connectivity index (χ0v) is 12.3. The van der Waals surface area contributed by atoms with Gasteiger partial charge in [-0.3, -0.25) is 9.52 Å². The number of nitriles is 1. The second kappa shape index (κ2) is 5.48. The fourth-order valence-corrected chi connectivity index (χ4v) is 3.22. The fourth-order valence-electron chi connectivity index (χ4n) is 1.48. The number of aromatic amines is 1. The van der Waals surface area contributed by atoms with Gasteiger partial charge in [-0.05, 0) is 34.1 Å². The minimum absolute atomic E-state index is 0.243. The van der Waals surface area contributed by atoms with E-state index in [-0.39, 0.29) is 10.6 Å². The summed E-state index contributed by atoms with van der Waals surface area (Å²) < 4.78 is 26.9. The molecule has 0 spiro atoms. The van der Waals surface area contributed by atoms with Gasteiger partial charge in [0, 0.05) is 22.9 Å². The Labute approximate surface area is 123 Å². The predicted octanol–water partition coefficient (Wildman–Crippen LogP) is 1.81. The number of sulfonamides is 1. The Kier molecular flexibility index (Phi) is 3.92. The smallest absolute Gasteiger partial charge is 0.267 e. The Hall–Kier alpha value is -2.11. The normalized spacial score (nSPS) is 10.8. The first-order valence-electron chi connectivity index (χ1n) is 5.33. The number of rotatable bonds is 3. The summed E-state index contributed by atoms with van der Waals surface area (Å²) in [7, 11) is -3.99. The van der Waals surface area contributed by atoms with Crippen molar-refractivity contribution in [1.82, 2.24) is 4.98 Å². The highest BCUT2D eigenvalue weighted by Crippen LogP contribution is 2.25. The number of hydrogen-bond acceptors (Lipinski definition) is 4. The molecule has 0 aliphatic carbocycles. The van der Waals surface area contributed by atoms with Gasteiger partial charge in [-0.2, -0.15) is 5.26 Å². The molecule has 1 heterocycles. The van der Waals surface area contributed by atoms with Gasteiger partial charge in [-0.15, -0.1) is 0 Å². The van der Waals surface area contributed by atoms with Crippen LogP contribution < -0.4 is 10.2 Å². The molecular weight excluding hydrogens is 346 g/mol. The molecule has 0 saturated carbocycles. The van der Waals surface area contributed by atoms with E-state index in [9.17, 15) is 13.2 Å². The maximum absolute atomic E-state index is 12.1. The van der Waals surface area contributed by atoms with Crippen LogP contribution in [0.15, 0.2) is 50.8 Å².